The molecule has 17 heavy (non-hydrogen) atoms. The summed E-state index contributed by atoms with van der Waals surface area (Å²) >= 11 is 5.26. The molecule has 2 nitrogen and oxygen atoms in total. The Morgan fingerprint density at radius 2 is 1.35 bits per heavy atom. The Hall–Kier alpha value is -1.87. The summed E-state index contributed by atoms with van der Waals surface area (Å²) < 4.78 is 0. The number of hydrogen-bond acceptors (Lipinski definition) is 2. The molecule has 0 saturated heterocycles. The van der Waals surface area contributed by atoms with Crippen molar-refractivity contribution in [1.29, 1.82) is 0 Å². The Labute approximate surface area is 107 Å². The molecule has 2 aromatic carbocycles. The Balaban J connectivity index is 1.83. The molecular weight excluding hydrogens is 228 g/mol. The van der Waals surface area contributed by atoms with Crippen LogP contribution in [0.5, 0.6) is 0 Å². The first-order valence-electron chi connectivity index (χ1n) is 5.48. The van der Waals surface area contributed by atoms with Gasteiger partial charge in [0.2, 0.25) is 0 Å². The third-order valence-corrected chi connectivity index (χ3v) is 2.53. The van der Waals surface area contributed by atoms with E-state index in [0.29, 0.717) is 6.54 Å². The van der Waals surface area contributed by atoms with Crippen molar-refractivity contribution >= 4 is 28.6 Å². The number of nitrogens with one attached hydrogen (secondary N) is 2. The molecule has 2 rings (SSSR count). The molecule has 0 aliphatic rings. The van der Waals surface area contributed by atoms with Crippen LogP contribution in [-0.4, -0.2) is 11.5 Å². The Morgan fingerprint density at radius 1 is 0.824 bits per heavy atom. The van der Waals surface area contributed by atoms with Crippen LogP contribution in [0.3, 0.4) is 0 Å². The molecule has 0 aliphatic carbocycles. The van der Waals surface area contributed by atoms with Crippen molar-refractivity contribution in [3.63, 3.8) is 0 Å². The van der Waals surface area contributed by atoms with E-state index in [9.17, 15) is 0 Å². The summed E-state index contributed by atoms with van der Waals surface area (Å²) in [4.78, 5) is 0.778. The maximum absolute atomic E-state index is 5.26. The third kappa shape index (κ3) is 3.89. The highest BCUT2D eigenvalue weighted by Gasteiger charge is 1.97. The molecule has 0 unspecified atom stereocenters. The second-order valence-electron chi connectivity index (χ2n) is 3.63. The molecule has 0 fully saturated rings. The van der Waals surface area contributed by atoms with Crippen LogP contribution < -0.4 is 10.6 Å². The quantitative estimate of drug-likeness (QED) is 0.802. The summed E-state index contributed by atoms with van der Waals surface area (Å²) in [6, 6.07) is 20.0. The third-order valence-electron chi connectivity index (χ3n) is 2.28. The lowest BCUT2D eigenvalue weighted by molar-refractivity contribution is 1.39. The van der Waals surface area contributed by atoms with E-state index >= 15 is 0 Å². The van der Waals surface area contributed by atoms with Gasteiger partial charge in [-0.3, -0.25) is 0 Å². The molecule has 0 aliphatic heterocycles. The molecule has 0 heterocycles. The van der Waals surface area contributed by atoms with Crippen LogP contribution in [0, 0.1) is 0 Å². The van der Waals surface area contributed by atoms with Crippen molar-refractivity contribution in [2.45, 2.75) is 0 Å². The maximum Gasteiger partial charge on any atom is 0.0991 e. The summed E-state index contributed by atoms with van der Waals surface area (Å²) in [5, 5.41) is 6.44. The number of rotatable bonds is 4. The van der Waals surface area contributed by atoms with E-state index in [2.05, 4.69) is 10.6 Å². The van der Waals surface area contributed by atoms with Crippen LogP contribution in [0.2, 0.25) is 0 Å². The fourth-order valence-corrected chi connectivity index (χ4v) is 1.66. The summed E-state index contributed by atoms with van der Waals surface area (Å²) in [7, 11) is 0. The summed E-state index contributed by atoms with van der Waals surface area (Å²) in [6.45, 7) is 0.633. The highest BCUT2D eigenvalue weighted by molar-refractivity contribution is 7.80. The second-order valence-corrected chi connectivity index (χ2v) is 4.13. The van der Waals surface area contributed by atoms with E-state index in [1.54, 1.807) is 0 Å². The Morgan fingerprint density at radius 3 is 1.94 bits per heavy atom. The predicted molar refractivity (Wildman–Crippen MR) is 77.6 cm³/mol. The summed E-state index contributed by atoms with van der Waals surface area (Å²) in [5.41, 5.74) is 2.09. The van der Waals surface area contributed by atoms with E-state index in [0.717, 1.165) is 16.4 Å². The van der Waals surface area contributed by atoms with E-state index in [1.165, 1.54) is 0 Å². The van der Waals surface area contributed by atoms with Crippen molar-refractivity contribution < 1.29 is 0 Å². The topological polar surface area (TPSA) is 24.1 Å². The molecule has 0 spiro atoms. The van der Waals surface area contributed by atoms with Gasteiger partial charge in [0.25, 0.3) is 0 Å². The summed E-state index contributed by atoms with van der Waals surface area (Å²) in [6.07, 6.45) is 0. The highest BCUT2D eigenvalue weighted by Crippen LogP contribution is 2.07. The van der Waals surface area contributed by atoms with Gasteiger partial charge in [0.1, 0.15) is 0 Å². The zero-order valence-corrected chi connectivity index (χ0v) is 10.2. The molecule has 0 saturated carbocycles. The van der Waals surface area contributed by atoms with Gasteiger partial charge in [0, 0.05) is 11.4 Å². The first-order valence-corrected chi connectivity index (χ1v) is 5.89. The van der Waals surface area contributed by atoms with Gasteiger partial charge >= 0.3 is 0 Å². The maximum atomic E-state index is 5.26. The highest BCUT2D eigenvalue weighted by atomic mass is 32.1. The van der Waals surface area contributed by atoms with Crippen LogP contribution in [0.25, 0.3) is 0 Å². The molecule has 0 aromatic heterocycles. The van der Waals surface area contributed by atoms with Gasteiger partial charge in [-0.1, -0.05) is 48.6 Å². The molecule has 0 amide bonds. The van der Waals surface area contributed by atoms with Gasteiger partial charge in [-0.25, -0.2) is 0 Å². The second kappa shape index (κ2) is 6.01. The minimum absolute atomic E-state index is 0.633. The Bertz CT molecular complexity index is 468. The lowest BCUT2D eigenvalue weighted by Crippen LogP contribution is -2.19. The largest absolute Gasteiger partial charge is 0.379 e. The molecule has 0 atom stereocenters. The monoisotopic (exact) mass is 242 g/mol. The van der Waals surface area contributed by atoms with Gasteiger partial charge in [0.15, 0.2) is 0 Å². The van der Waals surface area contributed by atoms with Crippen molar-refractivity contribution in [2.75, 3.05) is 17.2 Å². The molecular formula is C14H14N2S. The minimum atomic E-state index is 0.633. The van der Waals surface area contributed by atoms with Crippen molar-refractivity contribution in [1.82, 2.24) is 0 Å². The zero-order valence-electron chi connectivity index (χ0n) is 9.39. The van der Waals surface area contributed by atoms with Crippen LogP contribution in [-0.2, 0) is 0 Å². The fourth-order valence-electron chi connectivity index (χ4n) is 1.47. The lowest BCUT2D eigenvalue weighted by Gasteiger charge is -2.09. The van der Waals surface area contributed by atoms with Gasteiger partial charge < -0.3 is 10.6 Å². The van der Waals surface area contributed by atoms with Gasteiger partial charge in [-0.15, -0.1) is 0 Å². The number of benzene rings is 2. The van der Waals surface area contributed by atoms with Gasteiger partial charge in [-0.2, -0.15) is 0 Å². The lowest BCUT2D eigenvalue weighted by atomic mass is 10.3. The van der Waals surface area contributed by atoms with Crippen LogP contribution in [0.15, 0.2) is 60.7 Å². The van der Waals surface area contributed by atoms with Crippen molar-refractivity contribution in [3.8, 4) is 0 Å². The van der Waals surface area contributed by atoms with E-state index in [-0.39, 0.29) is 0 Å². The van der Waals surface area contributed by atoms with E-state index in [4.69, 9.17) is 12.2 Å². The van der Waals surface area contributed by atoms with E-state index < -0.39 is 0 Å². The fraction of sp³-hybridized carbons (Fsp3) is 0.0714. The van der Waals surface area contributed by atoms with Crippen molar-refractivity contribution in [2.24, 2.45) is 0 Å². The molecule has 0 bridgehead atoms. The standard InChI is InChI=1S/C14H14N2S/c17-14(16-13-9-5-2-6-10-13)11-15-12-7-3-1-4-8-12/h1-10,15H,11H2,(H,16,17). The number of hydrogen-bond donors (Lipinski definition) is 2. The molecule has 2 N–H and O–H groups in total. The molecule has 2 aromatic rings. The smallest absolute Gasteiger partial charge is 0.0991 e. The van der Waals surface area contributed by atoms with Crippen LogP contribution in [0.4, 0.5) is 11.4 Å². The van der Waals surface area contributed by atoms with Gasteiger partial charge in [-0.05, 0) is 24.3 Å². The molecule has 3 heteroatoms. The summed E-state index contributed by atoms with van der Waals surface area (Å²) in [5.74, 6) is 0. The van der Waals surface area contributed by atoms with Crippen LogP contribution in [0.1, 0.15) is 0 Å². The number of anilines is 2. The zero-order chi connectivity index (χ0) is 11.9. The average Bonchev–Trinajstić information content (AvgIpc) is 2.39. The van der Waals surface area contributed by atoms with Crippen molar-refractivity contribution in [3.05, 3.63) is 60.7 Å². The first kappa shape index (κ1) is 11.6. The number of thiocarbonyl (C=S) groups is 1. The van der Waals surface area contributed by atoms with Crippen LogP contribution >= 0.6 is 12.2 Å². The first-order chi connectivity index (χ1) is 8.34. The number of para-hydroxylation sites is 2. The molecule has 0 radical (unpaired) electrons. The minimum Gasteiger partial charge on any atom is -0.379 e. The predicted octanol–water partition coefficient (Wildman–Crippen LogP) is 3.54. The van der Waals surface area contributed by atoms with E-state index in [1.807, 2.05) is 60.7 Å². The van der Waals surface area contributed by atoms with Gasteiger partial charge in [0.05, 0.1) is 11.5 Å². The normalized spacial score (nSPS) is 9.65. The SMILES string of the molecule is S=C(CNc1ccccc1)Nc1ccccc1. The molecule has 86 valence electrons. The average molecular weight is 242 g/mol. The Kier molecular flexibility index (Phi) is 4.11.